The summed E-state index contributed by atoms with van der Waals surface area (Å²) in [6.07, 6.45) is -4.62. The highest BCUT2D eigenvalue weighted by molar-refractivity contribution is 5.58. The van der Waals surface area contributed by atoms with Crippen molar-refractivity contribution in [3.8, 4) is 0 Å². The zero-order chi connectivity index (χ0) is 14.0. The summed E-state index contributed by atoms with van der Waals surface area (Å²) in [7, 11) is 1.54. The van der Waals surface area contributed by atoms with Crippen LogP contribution >= 0.6 is 0 Å². The number of aromatic nitrogens is 2. The number of hydrogen-bond acceptors (Lipinski definition) is 3. The van der Waals surface area contributed by atoms with Crippen LogP contribution in [0.15, 0.2) is 41.2 Å². The molecule has 1 N–H and O–H groups in total. The summed E-state index contributed by atoms with van der Waals surface area (Å²) in [4.78, 5) is 17.8. The molecule has 1 aromatic carbocycles. The summed E-state index contributed by atoms with van der Waals surface area (Å²) in [6, 6.07) is 9.47. The summed E-state index contributed by atoms with van der Waals surface area (Å²) in [5.41, 5.74) is -1.52. The first-order chi connectivity index (χ1) is 8.88. The first-order valence-electron chi connectivity index (χ1n) is 5.35. The van der Waals surface area contributed by atoms with Gasteiger partial charge in [0.1, 0.15) is 11.5 Å². The fraction of sp³-hybridized carbons (Fsp3) is 0.167. The number of aromatic amines is 1. The molecule has 0 atom stereocenters. The zero-order valence-corrected chi connectivity index (χ0v) is 9.90. The van der Waals surface area contributed by atoms with Gasteiger partial charge in [-0.15, -0.1) is 0 Å². The molecule has 0 aliphatic rings. The lowest BCUT2D eigenvalue weighted by Gasteiger charge is -2.18. The maximum Gasteiger partial charge on any atom is 0.431 e. The molecule has 2 aromatic rings. The van der Waals surface area contributed by atoms with Gasteiger partial charge in [0, 0.05) is 18.8 Å². The number of nitrogens with zero attached hydrogens (tertiary/aromatic N) is 2. The van der Waals surface area contributed by atoms with Crippen molar-refractivity contribution in [2.75, 3.05) is 11.9 Å². The van der Waals surface area contributed by atoms with Crippen molar-refractivity contribution in [3.63, 3.8) is 0 Å². The fourth-order valence-corrected chi connectivity index (χ4v) is 1.55. The van der Waals surface area contributed by atoms with Crippen LogP contribution in [0.25, 0.3) is 0 Å². The first-order valence-corrected chi connectivity index (χ1v) is 5.35. The highest BCUT2D eigenvalue weighted by Crippen LogP contribution is 2.29. The monoisotopic (exact) mass is 269 g/mol. The Bertz CT molecular complexity index is 622. The SMILES string of the molecule is CN(c1ccccc1)c1cc(C(F)(F)F)[nH]c(=O)n1. The number of hydrogen-bond donors (Lipinski definition) is 1. The molecule has 1 heterocycles. The van der Waals surface area contributed by atoms with Gasteiger partial charge in [0.25, 0.3) is 0 Å². The van der Waals surface area contributed by atoms with Gasteiger partial charge in [-0.1, -0.05) is 18.2 Å². The number of rotatable bonds is 2. The summed E-state index contributed by atoms with van der Waals surface area (Å²) >= 11 is 0. The van der Waals surface area contributed by atoms with Gasteiger partial charge < -0.3 is 9.88 Å². The Labute approximate surface area is 106 Å². The fourth-order valence-electron chi connectivity index (χ4n) is 1.55. The standard InChI is InChI=1S/C12H10F3N3O/c1-18(8-5-3-2-4-6-8)10-7-9(12(13,14)15)16-11(19)17-10/h2-7H,1H3,(H,16,17,19). The molecular weight excluding hydrogens is 259 g/mol. The van der Waals surface area contributed by atoms with E-state index >= 15 is 0 Å². The second kappa shape index (κ2) is 4.75. The average Bonchev–Trinajstić information content (AvgIpc) is 2.37. The molecule has 0 bridgehead atoms. The van der Waals surface area contributed by atoms with E-state index in [0.29, 0.717) is 5.69 Å². The normalized spacial score (nSPS) is 11.4. The van der Waals surface area contributed by atoms with Crippen molar-refractivity contribution in [2.45, 2.75) is 6.18 Å². The van der Waals surface area contributed by atoms with Crippen LogP contribution in [0.2, 0.25) is 0 Å². The number of alkyl halides is 3. The van der Waals surface area contributed by atoms with Crippen molar-refractivity contribution in [1.29, 1.82) is 0 Å². The van der Waals surface area contributed by atoms with Crippen LogP contribution in [-0.4, -0.2) is 17.0 Å². The van der Waals surface area contributed by atoms with Crippen molar-refractivity contribution >= 4 is 11.5 Å². The van der Waals surface area contributed by atoms with Crippen molar-refractivity contribution in [3.05, 3.63) is 52.6 Å². The number of anilines is 2. The molecule has 0 saturated carbocycles. The van der Waals surface area contributed by atoms with E-state index < -0.39 is 17.6 Å². The molecular formula is C12H10F3N3O. The molecule has 4 nitrogen and oxygen atoms in total. The molecule has 2 rings (SSSR count). The van der Waals surface area contributed by atoms with Crippen LogP contribution in [-0.2, 0) is 6.18 Å². The van der Waals surface area contributed by atoms with E-state index in [4.69, 9.17) is 0 Å². The van der Waals surface area contributed by atoms with E-state index in [0.717, 1.165) is 6.07 Å². The molecule has 7 heteroatoms. The van der Waals surface area contributed by atoms with Gasteiger partial charge in [-0.25, -0.2) is 4.79 Å². The lowest BCUT2D eigenvalue weighted by atomic mass is 10.3. The molecule has 0 saturated heterocycles. The molecule has 0 aliphatic carbocycles. The lowest BCUT2D eigenvalue weighted by Crippen LogP contribution is -2.23. The van der Waals surface area contributed by atoms with Crippen molar-refractivity contribution in [1.82, 2.24) is 9.97 Å². The van der Waals surface area contributed by atoms with E-state index in [9.17, 15) is 18.0 Å². The Kier molecular flexibility index (Phi) is 3.28. The Morgan fingerprint density at radius 2 is 1.84 bits per heavy atom. The van der Waals surface area contributed by atoms with E-state index in [1.807, 2.05) is 0 Å². The topological polar surface area (TPSA) is 49.0 Å². The van der Waals surface area contributed by atoms with Crippen molar-refractivity contribution < 1.29 is 13.2 Å². The lowest BCUT2D eigenvalue weighted by molar-refractivity contribution is -0.141. The third-order valence-electron chi connectivity index (χ3n) is 2.52. The van der Waals surface area contributed by atoms with Gasteiger partial charge >= 0.3 is 11.9 Å². The number of benzene rings is 1. The third kappa shape index (κ3) is 2.93. The Morgan fingerprint density at radius 3 is 2.42 bits per heavy atom. The second-order valence-corrected chi connectivity index (χ2v) is 3.85. The predicted molar refractivity (Wildman–Crippen MR) is 64.4 cm³/mol. The predicted octanol–water partition coefficient (Wildman–Crippen LogP) is 2.56. The van der Waals surface area contributed by atoms with Gasteiger partial charge in [-0.05, 0) is 12.1 Å². The summed E-state index contributed by atoms with van der Waals surface area (Å²) in [5, 5.41) is 0. The quantitative estimate of drug-likeness (QED) is 0.911. The van der Waals surface area contributed by atoms with E-state index in [-0.39, 0.29) is 5.82 Å². The van der Waals surface area contributed by atoms with Crippen LogP contribution in [0.4, 0.5) is 24.7 Å². The van der Waals surface area contributed by atoms with Gasteiger partial charge in [0.15, 0.2) is 0 Å². The minimum Gasteiger partial charge on any atom is -0.329 e. The van der Waals surface area contributed by atoms with E-state index in [1.54, 1.807) is 35.3 Å². The molecule has 0 radical (unpaired) electrons. The average molecular weight is 269 g/mol. The van der Waals surface area contributed by atoms with Gasteiger partial charge in [0.2, 0.25) is 0 Å². The maximum atomic E-state index is 12.6. The number of halogens is 3. The minimum atomic E-state index is -4.62. The summed E-state index contributed by atoms with van der Waals surface area (Å²) in [6.45, 7) is 0. The summed E-state index contributed by atoms with van der Waals surface area (Å²) in [5.74, 6) is -0.0673. The highest BCUT2D eigenvalue weighted by atomic mass is 19.4. The maximum absolute atomic E-state index is 12.6. The smallest absolute Gasteiger partial charge is 0.329 e. The number of nitrogens with one attached hydrogen (secondary N) is 1. The summed E-state index contributed by atoms with van der Waals surface area (Å²) < 4.78 is 37.8. The molecule has 100 valence electrons. The minimum absolute atomic E-state index is 0.0673. The van der Waals surface area contributed by atoms with Crippen LogP contribution in [0.3, 0.4) is 0 Å². The largest absolute Gasteiger partial charge is 0.431 e. The molecule has 0 aliphatic heterocycles. The first kappa shape index (κ1) is 13.1. The molecule has 0 spiro atoms. The van der Waals surface area contributed by atoms with Crippen LogP contribution < -0.4 is 10.6 Å². The third-order valence-corrected chi connectivity index (χ3v) is 2.52. The molecule has 0 amide bonds. The highest BCUT2D eigenvalue weighted by Gasteiger charge is 2.32. The molecule has 0 unspecified atom stereocenters. The van der Waals surface area contributed by atoms with Gasteiger partial charge in [0.05, 0.1) is 0 Å². The van der Waals surface area contributed by atoms with Crippen LogP contribution in [0.1, 0.15) is 5.69 Å². The van der Waals surface area contributed by atoms with Crippen LogP contribution in [0.5, 0.6) is 0 Å². The molecule has 1 aromatic heterocycles. The molecule has 0 fully saturated rings. The Balaban J connectivity index is 2.46. The van der Waals surface area contributed by atoms with Crippen molar-refractivity contribution in [2.24, 2.45) is 0 Å². The number of H-pyrrole nitrogens is 1. The Morgan fingerprint density at radius 1 is 1.21 bits per heavy atom. The second-order valence-electron chi connectivity index (χ2n) is 3.85. The molecule has 19 heavy (non-hydrogen) atoms. The van der Waals surface area contributed by atoms with E-state index in [2.05, 4.69) is 4.98 Å². The van der Waals surface area contributed by atoms with E-state index in [1.165, 1.54) is 11.9 Å². The number of para-hydroxylation sites is 1. The van der Waals surface area contributed by atoms with Gasteiger partial charge in [-0.3, -0.25) is 0 Å². The van der Waals surface area contributed by atoms with Crippen LogP contribution in [0, 0.1) is 0 Å². The zero-order valence-electron chi connectivity index (χ0n) is 9.90. The van der Waals surface area contributed by atoms with Gasteiger partial charge in [-0.2, -0.15) is 18.2 Å². The Hall–Kier alpha value is -2.31.